The van der Waals surface area contributed by atoms with Gasteiger partial charge in [-0.1, -0.05) is 13.8 Å². The minimum absolute atomic E-state index is 0.109. The topological polar surface area (TPSA) is 66.1 Å². The van der Waals surface area contributed by atoms with Crippen molar-refractivity contribution in [2.24, 2.45) is 5.41 Å². The molecule has 0 saturated carbocycles. The highest BCUT2D eigenvalue weighted by molar-refractivity contribution is 5.92. The number of H-pyrrole nitrogens is 1. The summed E-state index contributed by atoms with van der Waals surface area (Å²) < 4.78 is 0. The summed E-state index contributed by atoms with van der Waals surface area (Å²) in [5.41, 5.74) is 0.188. The van der Waals surface area contributed by atoms with Crippen molar-refractivity contribution < 1.29 is 4.79 Å². The molecule has 5 nitrogen and oxygen atoms in total. The van der Waals surface area contributed by atoms with Crippen LogP contribution in [0, 0.1) is 5.41 Å². The number of hydrogen-bond donors (Lipinski definition) is 1. The molecule has 86 valence electrons. The van der Waals surface area contributed by atoms with Crippen LogP contribution in [0.15, 0.2) is 16.9 Å². The van der Waals surface area contributed by atoms with Crippen molar-refractivity contribution >= 4 is 5.91 Å². The lowest BCUT2D eigenvalue weighted by Crippen LogP contribution is -2.31. The first-order valence-corrected chi connectivity index (χ1v) is 5.33. The Bertz CT molecular complexity index is 444. The Hall–Kier alpha value is -1.65. The predicted molar refractivity (Wildman–Crippen MR) is 59.2 cm³/mol. The number of carbonyl (C=O) groups excluding carboxylic acids is 1. The number of amides is 1. The van der Waals surface area contributed by atoms with Gasteiger partial charge in [0.1, 0.15) is 5.69 Å². The average molecular weight is 221 g/mol. The van der Waals surface area contributed by atoms with E-state index in [1.165, 1.54) is 12.1 Å². The van der Waals surface area contributed by atoms with E-state index in [2.05, 4.69) is 24.0 Å². The molecule has 0 bridgehead atoms. The molecule has 0 radical (unpaired) electrons. The van der Waals surface area contributed by atoms with Crippen LogP contribution >= 0.6 is 0 Å². The van der Waals surface area contributed by atoms with Gasteiger partial charge in [0, 0.05) is 19.2 Å². The lowest BCUT2D eigenvalue weighted by Gasteiger charge is -2.19. The van der Waals surface area contributed by atoms with Gasteiger partial charge in [-0.15, -0.1) is 0 Å². The van der Waals surface area contributed by atoms with E-state index < -0.39 is 0 Å². The van der Waals surface area contributed by atoms with Crippen LogP contribution in [0.3, 0.4) is 0 Å². The molecule has 0 aliphatic carbocycles. The number of aromatic amines is 1. The molecule has 2 heterocycles. The summed E-state index contributed by atoms with van der Waals surface area (Å²) >= 11 is 0. The molecule has 1 amide bonds. The molecule has 1 aliphatic rings. The number of carbonyl (C=O) groups is 1. The Morgan fingerprint density at radius 3 is 2.75 bits per heavy atom. The second-order valence-corrected chi connectivity index (χ2v) is 4.95. The van der Waals surface area contributed by atoms with E-state index in [1.54, 1.807) is 4.90 Å². The third kappa shape index (κ3) is 2.13. The maximum Gasteiger partial charge on any atom is 0.274 e. The minimum atomic E-state index is -0.293. The van der Waals surface area contributed by atoms with Crippen molar-refractivity contribution in [1.29, 1.82) is 0 Å². The molecule has 0 spiro atoms. The summed E-state index contributed by atoms with van der Waals surface area (Å²) in [5.74, 6) is -0.109. The highest BCUT2D eigenvalue weighted by Gasteiger charge is 2.32. The van der Waals surface area contributed by atoms with Crippen LogP contribution in [-0.4, -0.2) is 34.1 Å². The first-order chi connectivity index (χ1) is 7.48. The zero-order valence-electron chi connectivity index (χ0n) is 9.49. The van der Waals surface area contributed by atoms with Crippen molar-refractivity contribution in [3.63, 3.8) is 0 Å². The molecule has 1 fully saturated rings. The van der Waals surface area contributed by atoms with Gasteiger partial charge in [0.05, 0.1) is 0 Å². The summed E-state index contributed by atoms with van der Waals surface area (Å²) in [6, 6.07) is 2.79. The highest BCUT2D eigenvalue weighted by atomic mass is 16.2. The fourth-order valence-electron chi connectivity index (χ4n) is 1.91. The number of rotatable bonds is 1. The van der Waals surface area contributed by atoms with E-state index in [-0.39, 0.29) is 16.9 Å². The SMILES string of the molecule is CC1(C)CCN(C(=O)c2ccc(=O)[nH]n2)C1. The van der Waals surface area contributed by atoms with Crippen LogP contribution in [0.25, 0.3) is 0 Å². The maximum atomic E-state index is 12.0. The number of hydrogen-bond acceptors (Lipinski definition) is 3. The average Bonchev–Trinajstić information content (AvgIpc) is 2.59. The number of likely N-dealkylation sites (tertiary alicyclic amines) is 1. The molecule has 5 heteroatoms. The van der Waals surface area contributed by atoms with Crippen LogP contribution in [0.2, 0.25) is 0 Å². The van der Waals surface area contributed by atoms with Crippen molar-refractivity contribution in [1.82, 2.24) is 15.1 Å². The van der Waals surface area contributed by atoms with E-state index in [4.69, 9.17) is 0 Å². The molecule has 1 aromatic heterocycles. The summed E-state index contributed by atoms with van der Waals surface area (Å²) in [6.45, 7) is 5.78. The van der Waals surface area contributed by atoms with Crippen molar-refractivity contribution in [3.05, 3.63) is 28.2 Å². The van der Waals surface area contributed by atoms with Gasteiger partial charge >= 0.3 is 0 Å². The molecule has 0 unspecified atom stereocenters. The lowest BCUT2D eigenvalue weighted by molar-refractivity contribution is 0.0771. The van der Waals surface area contributed by atoms with Crippen molar-refractivity contribution in [2.75, 3.05) is 13.1 Å². The fraction of sp³-hybridized carbons (Fsp3) is 0.545. The van der Waals surface area contributed by atoms with Gasteiger partial charge < -0.3 is 4.90 Å². The standard InChI is InChI=1S/C11H15N3O2/c1-11(2)5-6-14(7-11)10(16)8-3-4-9(15)13-12-8/h3-4H,5-7H2,1-2H3,(H,13,15). The summed E-state index contributed by atoms with van der Waals surface area (Å²) in [4.78, 5) is 24.6. The Kier molecular flexibility index (Phi) is 2.53. The third-order valence-corrected chi connectivity index (χ3v) is 2.86. The maximum absolute atomic E-state index is 12.0. The van der Waals surface area contributed by atoms with Crippen molar-refractivity contribution in [2.45, 2.75) is 20.3 Å². The predicted octanol–water partition coefficient (Wildman–Crippen LogP) is 0.642. The Morgan fingerprint density at radius 2 is 2.25 bits per heavy atom. The monoisotopic (exact) mass is 221 g/mol. The molecule has 1 N–H and O–H groups in total. The third-order valence-electron chi connectivity index (χ3n) is 2.86. The summed E-state index contributed by atoms with van der Waals surface area (Å²) in [5, 5.41) is 6.01. The Balaban J connectivity index is 2.15. The van der Waals surface area contributed by atoms with E-state index in [0.717, 1.165) is 19.5 Å². The number of aromatic nitrogens is 2. The molecule has 1 saturated heterocycles. The zero-order valence-corrected chi connectivity index (χ0v) is 9.49. The molecule has 2 rings (SSSR count). The van der Waals surface area contributed by atoms with Crippen LogP contribution in [0.4, 0.5) is 0 Å². The normalized spacial score (nSPS) is 18.8. The van der Waals surface area contributed by atoms with Gasteiger partial charge in [-0.2, -0.15) is 5.10 Å². The molecule has 0 aromatic carbocycles. The molecule has 1 aromatic rings. The highest BCUT2D eigenvalue weighted by Crippen LogP contribution is 2.29. The van der Waals surface area contributed by atoms with Gasteiger partial charge in [0.25, 0.3) is 11.5 Å². The van der Waals surface area contributed by atoms with Crippen LogP contribution in [0.5, 0.6) is 0 Å². The quantitative estimate of drug-likeness (QED) is 0.756. The molecule has 1 aliphatic heterocycles. The Morgan fingerprint density at radius 1 is 1.50 bits per heavy atom. The summed E-state index contributed by atoms with van der Waals surface area (Å²) in [6.07, 6.45) is 1.00. The van der Waals surface area contributed by atoms with E-state index in [1.807, 2.05) is 0 Å². The van der Waals surface area contributed by atoms with Gasteiger partial charge in [-0.05, 0) is 17.9 Å². The lowest BCUT2D eigenvalue weighted by atomic mass is 9.93. The van der Waals surface area contributed by atoms with E-state index in [0.29, 0.717) is 5.69 Å². The van der Waals surface area contributed by atoms with Crippen LogP contribution < -0.4 is 5.56 Å². The van der Waals surface area contributed by atoms with E-state index >= 15 is 0 Å². The van der Waals surface area contributed by atoms with Gasteiger partial charge in [0.15, 0.2) is 0 Å². The first kappa shape index (κ1) is 10.9. The van der Waals surface area contributed by atoms with Gasteiger partial charge in [-0.3, -0.25) is 9.59 Å². The van der Waals surface area contributed by atoms with Crippen LogP contribution in [0.1, 0.15) is 30.8 Å². The van der Waals surface area contributed by atoms with Crippen LogP contribution in [-0.2, 0) is 0 Å². The molecular formula is C11H15N3O2. The summed E-state index contributed by atoms with van der Waals surface area (Å²) in [7, 11) is 0. The van der Waals surface area contributed by atoms with Gasteiger partial charge in [-0.25, -0.2) is 5.10 Å². The largest absolute Gasteiger partial charge is 0.337 e. The second-order valence-electron chi connectivity index (χ2n) is 4.95. The number of nitrogens with zero attached hydrogens (tertiary/aromatic N) is 2. The molecule has 16 heavy (non-hydrogen) atoms. The molecular weight excluding hydrogens is 206 g/mol. The first-order valence-electron chi connectivity index (χ1n) is 5.33. The second kappa shape index (κ2) is 3.73. The van der Waals surface area contributed by atoms with E-state index in [9.17, 15) is 9.59 Å². The minimum Gasteiger partial charge on any atom is -0.337 e. The fourth-order valence-corrected chi connectivity index (χ4v) is 1.91. The van der Waals surface area contributed by atoms with Gasteiger partial charge in [0.2, 0.25) is 0 Å². The Labute approximate surface area is 93.5 Å². The number of nitrogens with one attached hydrogen (secondary N) is 1. The molecule has 0 atom stereocenters. The van der Waals surface area contributed by atoms with Crippen molar-refractivity contribution in [3.8, 4) is 0 Å². The smallest absolute Gasteiger partial charge is 0.274 e. The zero-order chi connectivity index (χ0) is 11.8.